The molecule has 2 heterocycles. The number of fused-ring (bicyclic) bond motifs is 2. The summed E-state index contributed by atoms with van der Waals surface area (Å²) in [5.41, 5.74) is 1.11. The number of carbonyl (C=O) groups is 2. The topological polar surface area (TPSA) is 62.7 Å². The van der Waals surface area contributed by atoms with Gasteiger partial charge in [0.1, 0.15) is 18.1 Å². The number of benzene rings is 1. The number of hydrogen-bond donors (Lipinski definition) is 0. The lowest BCUT2D eigenvalue weighted by Gasteiger charge is -2.26. The molecular formula is C23H27N3O3. The van der Waals surface area contributed by atoms with Crippen LogP contribution in [0.5, 0.6) is 5.75 Å². The Balaban J connectivity index is 1.57. The van der Waals surface area contributed by atoms with Gasteiger partial charge < -0.3 is 14.5 Å². The first-order valence-electron chi connectivity index (χ1n) is 10.3. The zero-order valence-electron chi connectivity index (χ0n) is 16.8. The zero-order chi connectivity index (χ0) is 20.3. The van der Waals surface area contributed by atoms with Crippen LogP contribution in [0.25, 0.3) is 0 Å². The Morgan fingerprint density at radius 1 is 1.10 bits per heavy atom. The van der Waals surface area contributed by atoms with Crippen LogP contribution in [0, 0.1) is 5.41 Å². The van der Waals surface area contributed by atoms with E-state index in [2.05, 4.69) is 4.98 Å². The molecule has 1 saturated carbocycles. The van der Waals surface area contributed by atoms with E-state index in [1.165, 1.54) is 0 Å². The predicted molar refractivity (Wildman–Crippen MR) is 109 cm³/mol. The Bertz CT molecular complexity index is 880. The van der Waals surface area contributed by atoms with Crippen molar-refractivity contribution in [2.24, 2.45) is 5.41 Å². The van der Waals surface area contributed by atoms with Crippen LogP contribution in [0.4, 0.5) is 0 Å². The molecule has 0 unspecified atom stereocenters. The summed E-state index contributed by atoms with van der Waals surface area (Å²) in [4.78, 5) is 33.7. The third kappa shape index (κ3) is 4.42. The van der Waals surface area contributed by atoms with Gasteiger partial charge in [-0.2, -0.15) is 0 Å². The first kappa shape index (κ1) is 19.4. The number of carbonyl (C=O) groups excluding carboxylic acids is 2. The normalized spacial score (nSPS) is 19.4. The van der Waals surface area contributed by atoms with Crippen LogP contribution in [0.15, 0.2) is 48.7 Å². The molecule has 0 atom stereocenters. The van der Waals surface area contributed by atoms with Gasteiger partial charge in [0.05, 0.1) is 5.41 Å². The summed E-state index contributed by atoms with van der Waals surface area (Å²) in [5.74, 6) is 0.837. The summed E-state index contributed by atoms with van der Waals surface area (Å²) < 4.78 is 6.00. The predicted octanol–water partition coefficient (Wildman–Crippen LogP) is 3.14. The molecule has 1 aliphatic carbocycles. The smallest absolute Gasteiger partial charge is 0.272 e. The van der Waals surface area contributed by atoms with Gasteiger partial charge in [-0.05, 0) is 55.5 Å². The second-order valence-corrected chi connectivity index (χ2v) is 8.09. The quantitative estimate of drug-likeness (QED) is 0.747. The highest BCUT2D eigenvalue weighted by molar-refractivity contribution is 5.92. The first-order chi connectivity index (χ1) is 14.1. The molecule has 29 heavy (non-hydrogen) atoms. The van der Waals surface area contributed by atoms with E-state index in [9.17, 15) is 9.59 Å². The van der Waals surface area contributed by atoms with Gasteiger partial charge >= 0.3 is 0 Å². The first-order valence-corrected chi connectivity index (χ1v) is 10.3. The number of amides is 2. The van der Waals surface area contributed by atoms with Gasteiger partial charge in [-0.1, -0.05) is 18.2 Å². The standard InChI is InChI=1S/C23H27N3O3/c1-25-13-4-5-14-26(21(27)20-9-2-3-12-24-20)16-18-7-6-8-19(15-18)29-17-23(10-11-23)22(25)28/h2-3,6-9,12,15H,4-5,10-11,13-14,16-17H2,1H3. The summed E-state index contributed by atoms with van der Waals surface area (Å²) in [5, 5.41) is 0. The highest BCUT2D eigenvalue weighted by atomic mass is 16.5. The molecular weight excluding hydrogens is 366 g/mol. The average Bonchev–Trinajstić information content (AvgIpc) is 3.55. The second kappa shape index (κ2) is 8.23. The Labute approximate surface area is 171 Å². The van der Waals surface area contributed by atoms with Crippen LogP contribution in [-0.4, -0.2) is 53.3 Å². The molecule has 1 spiro atoms. The minimum Gasteiger partial charge on any atom is -0.492 e. The van der Waals surface area contributed by atoms with Crippen LogP contribution >= 0.6 is 0 Å². The van der Waals surface area contributed by atoms with E-state index in [1.54, 1.807) is 18.3 Å². The lowest BCUT2D eigenvalue weighted by Crippen LogP contribution is -2.38. The molecule has 4 rings (SSSR count). The van der Waals surface area contributed by atoms with E-state index in [0.29, 0.717) is 31.9 Å². The molecule has 6 heteroatoms. The monoisotopic (exact) mass is 393 g/mol. The molecule has 6 nitrogen and oxygen atoms in total. The van der Waals surface area contributed by atoms with Gasteiger partial charge in [0, 0.05) is 32.9 Å². The van der Waals surface area contributed by atoms with Crippen molar-refractivity contribution in [3.8, 4) is 5.75 Å². The Morgan fingerprint density at radius 2 is 1.93 bits per heavy atom. The molecule has 152 valence electrons. The van der Waals surface area contributed by atoms with Crippen molar-refractivity contribution in [2.75, 3.05) is 26.7 Å². The van der Waals surface area contributed by atoms with Crippen molar-refractivity contribution in [1.82, 2.24) is 14.8 Å². The van der Waals surface area contributed by atoms with Crippen LogP contribution in [0.2, 0.25) is 0 Å². The Kier molecular flexibility index (Phi) is 5.51. The molecule has 0 N–H and O–H groups in total. The van der Waals surface area contributed by atoms with Gasteiger partial charge in [-0.15, -0.1) is 0 Å². The summed E-state index contributed by atoms with van der Waals surface area (Å²) in [7, 11) is 1.87. The van der Waals surface area contributed by atoms with Crippen molar-refractivity contribution >= 4 is 11.8 Å². The lowest BCUT2D eigenvalue weighted by atomic mass is 10.1. The third-order valence-corrected chi connectivity index (χ3v) is 5.78. The summed E-state index contributed by atoms with van der Waals surface area (Å²) in [6.07, 6.45) is 5.11. The maximum Gasteiger partial charge on any atom is 0.272 e. The highest BCUT2D eigenvalue weighted by Crippen LogP contribution is 2.47. The van der Waals surface area contributed by atoms with E-state index in [4.69, 9.17) is 4.74 Å². The molecule has 2 aliphatic rings. The van der Waals surface area contributed by atoms with Crippen molar-refractivity contribution in [2.45, 2.75) is 32.2 Å². The SMILES string of the molecule is CN1CCCCN(C(=O)c2ccccn2)Cc2cccc(c2)OCC2(CC2)C1=O. The Morgan fingerprint density at radius 3 is 2.69 bits per heavy atom. The Hall–Kier alpha value is -2.89. The number of aromatic nitrogens is 1. The fourth-order valence-corrected chi connectivity index (χ4v) is 3.81. The number of hydrogen-bond acceptors (Lipinski definition) is 4. The molecule has 2 bridgehead atoms. The molecule has 2 aromatic rings. The second-order valence-electron chi connectivity index (χ2n) is 8.09. The van der Waals surface area contributed by atoms with Gasteiger partial charge in [0.2, 0.25) is 5.91 Å². The highest BCUT2D eigenvalue weighted by Gasteiger charge is 2.52. The lowest BCUT2D eigenvalue weighted by molar-refractivity contribution is -0.136. The zero-order valence-corrected chi connectivity index (χ0v) is 16.8. The maximum absolute atomic E-state index is 13.0. The van der Waals surface area contributed by atoms with E-state index in [-0.39, 0.29) is 17.2 Å². The average molecular weight is 393 g/mol. The molecule has 2 amide bonds. The fraction of sp³-hybridized carbons (Fsp3) is 0.435. The third-order valence-electron chi connectivity index (χ3n) is 5.78. The molecule has 0 radical (unpaired) electrons. The van der Waals surface area contributed by atoms with Crippen molar-refractivity contribution < 1.29 is 14.3 Å². The molecule has 1 aromatic carbocycles. The van der Waals surface area contributed by atoms with E-state index in [1.807, 2.05) is 47.2 Å². The fourth-order valence-electron chi connectivity index (χ4n) is 3.81. The number of pyridine rings is 1. The summed E-state index contributed by atoms with van der Waals surface area (Å²) in [6.45, 7) is 2.23. The minimum atomic E-state index is -0.351. The van der Waals surface area contributed by atoms with Crippen molar-refractivity contribution in [3.63, 3.8) is 0 Å². The van der Waals surface area contributed by atoms with Gasteiger partial charge in [-0.3, -0.25) is 14.6 Å². The van der Waals surface area contributed by atoms with E-state index >= 15 is 0 Å². The number of nitrogens with zero attached hydrogens (tertiary/aromatic N) is 3. The van der Waals surface area contributed by atoms with Crippen LogP contribution in [-0.2, 0) is 11.3 Å². The summed E-state index contributed by atoms with van der Waals surface area (Å²) >= 11 is 0. The van der Waals surface area contributed by atoms with Crippen LogP contribution < -0.4 is 4.74 Å². The molecule has 1 aromatic heterocycles. The number of ether oxygens (including phenoxy) is 1. The largest absolute Gasteiger partial charge is 0.492 e. The van der Waals surface area contributed by atoms with Gasteiger partial charge in [0.15, 0.2) is 0 Å². The van der Waals surface area contributed by atoms with E-state index in [0.717, 1.165) is 37.0 Å². The minimum absolute atomic E-state index is 0.0784. The summed E-state index contributed by atoms with van der Waals surface area (Å²) in [6, 6.07) is 13.2. The van der Waals surface area contributed by atoms with Gasteiger partial charge in [-0.25, -0.2) is 0 Å². The molecule has 1 aliphatic heterocycles. The molecule has 1 fully saturated rings. The van der Waals surface area contributed by atoms with Crippen LogP contribution in [0.1, 0.15) is 41.7 Å². The van der Waals surface area contributed by atoms with Crippen molar-refractivity contribution in [1.29, 1.82) is 0 Å². The van der Waals surface area contributed by atoms with Crippen molar-refractivity contribution in [3.05, 3.63) is 59.9 Å². The number of rotatable bonds is 1. The van der Waals surface area contributed by atoms with Crippen LogP contribution in [0.3, 0.4) is 0 Å². The molecule has 0 saturated heterocycles. The maximum atomic E-state index is 13.0. The van der Waals surface area contributed by atoms with Gasteiger partial charge in [0.25, 0.3) is 5.91 Å². The van der Waals surface area contributed by atoms with E-state index < -0.39 is 0 Å².